The van der Waals surface area contributed by atoms with Crippen LogP contribution in [0.25, 0.3) is 33.6 Å². The molecular weight excluding hydrogens is 602 g/mol. The fourth-order valence-corrected chi connectivity index (χ4v) is 5.11. The van der Waals surface area contributed by atoms with Crippen LogP contribution in [0.1, 0.15) is 52.6 Å². The van der Waals surface area contributed by atoms with Crippen LogP contribution in [0.4, 0.5) is 4.39 Å². The molecule has 0 saturated carbocycles. The first-order valence-electron chi connectivity index (χ1n) is 14.6. The number of hydrogen-bond acceptors (Lipinski definition) is 7. The number of aromatic nitrogens is 4. The Bertz CT molecular complexity index is 1900. The van der Waals surface area contributed by atoms with Crippen molar-refractivity contribution in [2.24, 2.45) is 0 Å². The summed E-state index contributed by atoms with van der Waals surface area (Å²) >= 11 is 0. The fraction of sp³-hybridized carbons (Fsp3) is 0.294. The van der Waals surface area contributed by atoms with E-state index in [1.807, 2.05) is 19.9 Å². The van der Waals surface area contributed by atoms with Gasteiger partial charge in [-0.1, -0.05) is 67.5 Å². The number of aliphatic hydroxyl groups excluding tert-OH is 1. The number of ether oxygens (including phenoxy) is 1. The van der Waals surface area contributed by atoms with Crippen molar-refractivity contribution in [1.82, 2.24) is 19.7 Å². The molecule has 2 aromatic heterocycles. The summed E-state index contributed by atoms with van der Waals surface area (Å²) in [5.41, 5.74) is 3.02. The largest absolute Gasteiger partial charge is 1.00 e. The number of nitrogens with one attached hydrogen (secondary N) is 1. The van der Waals surface area contributed by atoms with Crippen LogP contribution in [0.5, 0.6) is 5.75 Å². The smallest absolute Gasteiger partial charge is 1.00 e. The van der Waals surface area contributed by atoms with Gasteiger partial charge in [0.05, 0.1) is 24.4 Å². The number of halogens is 1. The molecule has 3 aromatic carbocycles. The van der Waals surface area contributed by atoms with E-state index in [9.17, 15) is 14.7 Å². The SMILES string of the molecule is CCCc1nc(CC)c(-c2ccc(OC(C)(C)CO)cc2)c(=O)n1Cc1ccc(-c2ccccc2-c2noc(=O)[nH]2)cc1F.[H-].[K+]. The molecule has 0 bridgehead atoms. The van der Waals surface area contributed by atoms with Gasteiger partial charge in [0.15, 0.2) is 5.82 Å². The second kappa shape index (κ2) is 14.9. The van der Waals surface area contributed by atoms with Crippen LogP contribution < -0.4 is 67.4 Å². The summed E-state index contributed by atoms with van der Waals surface area (Å²) in [6, 6.07) is 19.2. The van der Waals surface area contributed by atoms with Crippen molar-refractivity contribution in [2.75, 3.05) is 6.61 Å². The third kappa shape index (κ3) is 7.79. The molecule has 9 nitrogen and oxygen atoms in total. The predicted octanol–water partition coefficient (Wildman–Crippen LogP) is 2.89. The molecule has 0 aliphatic carbocycles. The zero-order valence-corrected chi connectivity index (χ0v) is 29.3. The molecule has 2 heterocycles. The predicted molar refractivity (Wildman–Crippen MR) is 167 cm³/mol. The molecule has 0 spiro atoms. The molecule has 0 atom stereocenters. The Labute approximate surface area is 304 Å². The molecule has 11 heteroatoms. The van der Waals surface area contributed by atoms with Crippen molar-refractivity contribution >= 4 is 0 Å². The molecule has 45 heavy (non-hydrogen) atoms. The first-order chi connectivity index (χ1) is 21.1. The maximum absolute atomic E-state index is 15.7. The summed E-state index contributed by atoms with van der Waals surface area (Å²) in [6.45, 7) is 7.40. The second-order valence-corrected chi connectivity index (χ2v) is 11.2. The molecule has 0 radical (unpaired) electrons. The number of rotatable bonds is 11. The minimum atomic E-state index is -0.747. The van der Waals surface area contributed by atoms with E-state index in [0.29, 0.717) is 63.5 Å². The Hall–Kier alpha value is -3.19. The quantitative estimate of drug-likeness (QED) is 0.213. The number of H-pyrrole nitrogens is 1. The number of aromatic amines is 1. The Morgan fingerprint density at radius 2 is 1.71 bits per heavy atom. The zero-order chi connectivity index (χ0) is 31.4. The number of nitrogens with zero attached hydrogens (tertiary/aromatic N) is 3. The van der Waals surface area contributed by atoms with Crippen molar-refractivity contribution < 1.29 is 71.6 Å². The van der Waals surface area contributed by atoms with Gasteiger partial charge in [-0.2, -0.15) is 0 Å². The van der Waals surface area contributed by atoms with Crippen LogP contribution in [0.2, 0.25) is 0 Å². The third-order valence-electron chi connectivity index (χ3n) is 7.36. The van der Waals surface area contributed by atoms with E-state index >= 15 is 4.39 Å². The van der Waals surface area contributed by atoms with Gasteiger partial charge in [-0.05, 0) is 61.6 Å². The Morgan fingerprint density at radius 1 is 1.02 bits per heavy atom. The van der Waals surface area contributed by atoms with Crippen LogP contribution >= 0.6 is 0 Å². The van der Waals surface area contributed by atoms with E-state index in [1.54, 1.807) is 73.0 Å². The molecule has 5 aromatic rings. The van der Waals surface area contributed by atoms with E-state index < -0.39 is 17.2 Å². The van der Waals surface area contributed by atoms with Gasteiger partial charge in [0.25, 0.3) is 5.56 Å². The molecule has 0 fully saturated rings. The average Bonchev–Trinajstić information content (AvgIpc) is 3.46. The van der Waals surface area contributed by atoms with Gasteiger partial charge in [0, 0.05) is 17.5 Å². The number of benzene rings is 3. The number of hydrogen-bond donors (Lipinski definition) is 2. The number of aliphatic hydroxyl groups is 1. The molecular formula is C34H36FKN4O5. The number of aryl methyl sites for hydroxylation is 2. The van der Waals surface area contributed by atoms with Gasteiger partial charge in [-0.25, -0.2) is 14.2 Å². The molecule has 0 saturated heterocycles. The van der Waals surface area contributed by atoms with Crippen LogP contribution in [-0.2, 0) is 19.4 Å². The molecule has 0 aliphatic heterocycles. The minimum Gasteiger partial charge on any atom is -1.00 e. The van der Waals surface area contributed by atoms with Crippen molar-refractivity contribution in [3.05, 3.63) is 111 Å². The van der Waals surface area contributed by atoms with Gasteiger partial charge >= 0.3 is 57.1 Å². The molecule has 2 N–H and O–H groups in total. The third-order valence-corrected chi connectivity index (χ3v) is 7.36. The molecule has 0 unspecified atom stereocenters. The first kappa shape index (κ1) is 34.7. The standard InChI is InChI=1S/C34H35FN4O5.K.H/c1-5-9-29-36-28(6-2)30(21-14-16-24(17-15-21)43-34(3,4)20-40)32(41)39(29)19-23-13-12-22(18-27(23)35)25-10-7-8-11-26(25)31-37-33(42)44-38-31;;/h7-8,10-18,40H,5-6,9,19-20H2,1-4H3,(H,37,38,42);;/q;+1;-1. The van der Waals surface area contributed by atoms with Crippen LogP contribution in [0.15, 0.2) is 80.8 Å². The van der Waals surface area contributed by atoms with Crippen LogP contribution in [-0.4, -0.2) is 37.0 Å². The van der Waals surface area contributed by atoms with Crippen molar-refractivity contribution in [2.45, 2.75) is 59.1 Å². The van der Waals surface area contributed by atoms with Gasteiger partial charge in [0.2, 0.25) is 0 Å². The summed E-state index contributed by atoms with van der Waals surface area (Å²) in [7, 11) is 0. The van der Waals surface area contributed by atoms with E-state index in [4.69, 9.17) is 9.72 Å². The normalized spacial score (nSPS) is 11.3. The summed E-state index contributed by atoms with van der Waals surface area (Å²) in [4.78, 5) is 33.1. The van der Waals surface area contributed by atoms with E-state index in [2.05, 4.69) is 14.7 Å². The van der Waals surface area contributed by atoms with Gasteiger partial charge in [-0.3, -0.25) is 18.9 Å². The van der Waals surface area contributed by atoms with E-state index in [0.717, 1.165) is 6.42 Å². The Balaban J connectivity index is 0.00000288. The van der Waals surface area contributed by atoms with Gasteiger partial charge in [0.1, 0.15) is 23.0 Å². The van der Waals surface area contributed by atoms with E-state index in [-0.39, 0.29) is 77.3 Å². The topological polar surface area (TPSA) is 123 Å². The second-order valence-electron chi connectivity index (χ2n) is 11.2. The summed E-state index contributed by atoms with van der Waals surface area (Å²) in [6.07, 6.45) is 1.88. The Kier molecular flexibility index (Phi) is 11.5. The monoisotopic (exact) mass is 638 g/mol. The zero-order valence-electron chi connectivity index (χ0n) is 27.2. The van der Waals surface area contributed by atoms with Crippen LogP contribution in [0, 0.1) is 5.82 Å². The van der Waals surface area contributed by atoms with Crippen molar-refractivity contribution in [3.8, 4) is 39.4 Å². The summed E-state index contributed by atoms with van der Waals surface area (Å²) in [5, 5.41) is 13.3. The maximum atomic E-state index is 15.7. The minimum absolute atomic E-state index is 0. The summed E-state index contributed by atoms with van der Waals surface area (Å²) in [5.74, 6) is 0.264. The van der Waals surface area contributed by atoms with E-state index in [1.165, 1.54) is 6.07 Å². The van der Waals surface area contributed by atoms with Crippen molar-refractivity contribution in [3.63, 3.8) is 0 Å². The van der Waals surface area contributed by atoms with Crippen molar-refractivity contribution in [1.29, 1.82) is 0 Å². The average molecular weight is 639 g/mol. The van der Waals surface area contributed by atoms with Crippen LogP contribution in [0.3, 0.4) is 0 Å². The first-order valence-corrected chi connectivity index (χ1v) is 14.6. The summed E-state index contributed by atoms with van der Waals surface area (Å²) < 4.78 is 27.8. The fourth-order valence-electron chi connectivity index (χ4n) is 5.11. The molecule has 0 aliphatic rings. The molecule has 230 valence electrons. The van der Waals surface area contributed by atoms with Gasteiger partial charge < -0.3 is 11.3 Å². The Morgan fingerprint density at radius 3 is 2.31 bits per heavy atom. The maximum Gasteiger partial charge on any atom is 1.00 e. The molecule has 5 rings (SSSR count). The molecule has 0 amide bonds. The van der Waals surface area contributed by atoms with Gasteiger partial charge in [-0.15, -0.1) is 0 Å².